The van der Waals surface area contributed by atoms with Crippen molar-refractivity contribution in [2.24, 2.45) is 0 Å². The van der Waals surface area contributed by atoms with Crippen LogP contribution in [-0.2, 0) is 11.2 Å². The van der Waals surface area contributed by atoms with Crippen LogP contribution in [0.1, 0.15) is 28.4 Å². The van der Waals surface area contributed by atoms with Crippen molar-refractivity contribution in [3.63, 3.8) is 0 Å². The summed E-state index contributed by atoms with van der Waals surface area (Å²) < 4.78 is 5.36. The summed E-state index contributed by atoms with van der Waals surface area (Å²) in [5.74, 6) is 0.763. The molecule has 4 aromatic rings. The Balaban J connectivity index is 1.62. The van der Waals surface area contributed by atoms with Gasteiger partial charge in [-0.15, -0.1) is 0 Å². The smallest absolute Gasteiger partial charge is 0.225 e. The summed E-state index contributed by atoms with van der Waals surface area (Å²) in [5, 5.41) is 4.25. The molecule has 0 radical (unpaired) electrons. The summed E-state index contributed by atoms with van der Waals surface area (Å²) in [6, 6.07) is 25.8. The van der Waals surface area contributed by atoms with Crippen molar-refractivity contribution < 1.29 is 9.53 Å². The monoisotopic (exact) mass is 384 g/mol. The molecule has 0 unspecified atom stereocenters. The Morgan fingerprint density at radius 3 is 2.17 bits per heavy atom. The molecule has 2 N–H and O–H groups in total. The van der Waals surface area contributed by atoms with E-state index >= 15 is 0 Å². The summed E-state index contributed by atoms with van der Waals surface area (Å²) >= 11 is 0. The molecular formula is C25H24N2O2. The summed E-state index contributed by atoms with van der Waals surface area (Å²) in [6.07, 6.45) is 0.301. The first kappa shape index (κ1) is 18.8. The van der Waals surface area contributed by atoms with Crippen LogP contribution in [0.3, 0.4) is 0 Å². The number of carbonyl (C=O) groups excluding carboxylic acids is 1. The number of H-pyrrole nitrogens is 1. The van der Waals surface area contributed by atoms with E-state index in [2.05, 4.69) is 10.3 Å². The predicted molar refractivity (Wildman–Crippen MR) is 116 cm³/mol. The summed E-state index contributed by atoms with van der Waals surface area (Å²) in [6.45, 7) is 2.00. The molecule has 0 aliphatic heterocycles. The van der Waals surface area contributed by atoms with E-state index in [-0.39, 0.29) is 11.9 Å². The Hall–Kier alpha value is -3.53. The van der Waals surface area contributed by atoms with Gasteiger partial charge in [0.1, 0.15) is 5.75 Å². The number of carbonyl (C=O) groups is 1. The molecule has 0 aliphatic rings. The highest BCUT2D eigenvalue weighted by Crippen LogP contribution is 2.27. The van der Waals surface area contributed by atoms with Gasteiger partial charge in [-0.05, 0) is 41.8 Å². The first-order chi connectivity index (χ1) is 14.2. The molecule has 0 atom stereocenters. The van der Waals surface area contributed by atoms with Crippen molar-refractivity contribution in [3.8, 4) is 5.75 Å². The third-order valence-electron chi connectivity index (χ3n) is 5.24. The fraction of sp³-hybridized carbons (Fsp3) is 0.160. The van der Waals surface area contributed by atoms with Gasteiger partial charge in [-0.3, -0.25) is 4.79 Å². The zero-order valence-corrected chi connectivity index (χ0v) is 16.6. The third-order valence-corrected chi connectivity index (χ3v) is 5.24. The summed E-state index contributed by atoms with van der Waals surface area (Å²) in [5.41, 5.74) is 5.12. The molecule has 29 heavy (non-hydrogen) atoms. The average Bonchev–Trinajstić information content (AvgIpc) is 3.07. The van der Waals surface area contributed by atoms with E-state index in [1.54, 1.807) is 7.11 Å². The molecule has 0 fully saturated rings. The van der Waals surface area contributed by atoms with Crippen molar-refractivity contribution >= 4 is 16.8 Å². The fourth-order valence-electron chi connectivity index (χ4n) is 3.74. The number of aryl methyl sites for hydroxylation is 1. The number of fused-ring (bicyclic) bond motifs is 1. The normalized spacial score (nSPS) is 11.0. The van der Waals surface area contributed by atoms with Crippen LogP contribution in [0.15, 0.2) is 78.9 Å². The van der Waals surface area contributed by atoms with Crippen LogP contribution in [0.25, 0.3) is 10.9 Å². The second-order valence-corrected chi connectivity index (χ2v) is 7.14. The van der Waals surface area contributed by atoms with Crippen LogP contribution in [0.5, 0.6) is 5.75 Å². The minimum Gasteiger partial charge on any atom is -0.497 e. The molecule has 4 nitrogen and oxygen atoms in total. The average molecular weight is 384 g/mol. The highest BCUT2D eigenvalue weighted by molar-refractivity contribution is 5.91. The Morgan fingerprint density at radius 1 is 0.966 bits per heavy atom. The van der Waals surface area contributed by atoms with Gasteiger partial charge < -0.3 is 15.0 Å². The number of rotatable bonds is 6. The van der Waals surface area contributed by atoms with Crippen LogP contribution < -0.4 is 10.1 Å². The molecule has 1 amide bonds. The summed E-state index contributed by atoms with van der Waals surface area (Å²) in [4.78, 5) is 16.4. The Labute approximate surface area is 170 Å². The number of methoxy groups -OCH3 is 1. The maximum absolute atomic E-state index is 13.1. The lowest BCUT2D eigenvalue weighted by molar-refractivity contribution is -0.120. The molecule has 146 valence electrons. The second-order valence-electron chi connectivity index (χ2n) is 7.14. The fourth-order valence-corrected chi connectivity index (χ4v) is 3.74. The van der Waals surface area contributed by atoms with E-state index in [0.29, 0.717) is 6.42 Å². The van der Waals surface area contributed by atoms with Crippen molar-refractivity contribution in [1.82, 2.24) is 10.3 Å². The van der Waals surface area contributed by atoms with Gasteiger partial charge in [-0.25, -0.2) is 0 Å². The van der Waals surface area contributed by atoms with Gasteiger partial charge in [-0.2, -0.15) is 0 Å². The topological polar surface area (TPSA) is 54.1 Å². The molecule has 0 aliphatic carbocycles. The van der Waals surface area contributed by atoms with Gasteiger partial charge in [0.15, 0.2) is 0 Å². The SMILES string of the molecule is COc1ccc2[nH]c(C)c(CC(=O)NC(c3ccccc3)c3ccccc3)c2c1. The van der Waals surface area contributed by atoms with E-state index in [1.165, 1.54) is 0 Å². The van der Waals surface area contributed by atoms with Crippen molar-refractivity contribution in [3.05, 3.63) is 101 Å². The molecule has 0 spiro atoms. The number of hydrogen-bond donors (Lipinski definition) is 2. The van der Waals surface area contributed by atoms with E-state index in [1.807, 2.05) is 85.8 Å². The molecule has 0 saturated carbocycles. The van der Waals surface area contributed by atoms with Crippen LogP contribution in [-0.4, -0.2) is 18.0 Å². The number of ether oxygens (including phenoxy) is 1. The van der Waals surface area contributed by atoms with Gasteiger partial charge in [0.2, 0.25) is 5.91 Å². The Morgan fingerprint density at radius 2 is 1.59 bits per heavy atom. The quantitative estimate of drug-likeness (QED) is 0.495. The Bertz CT molecular complexity index is 1080. The van der Waals surface area contributed by atoms with Crippen LogP contribution in [0, 0.1) is 6.92 Å². The van der Waals surface area contributed by atoms with Crippen LogP contribution >= 0.6 is 0 Å². The zero-order chi connectivity index (χ0) is 20.2. The van der Waals surface area contributed by atoms with E-state index in [4.69, 9.17) is 4.74 Å². The van der Waals surface area contributed by atoms with Gasteiger partial charge >= 0.3 is 0 Å². The minimum atomic E-state index is -0.190. The minimum absolute atomic E-state index is 0.0190. The highest BCUT2D eigenvalue weighted by Gasteiger charge is 2.19. The van der Waals surface area contributed by atoms with Gasteiger partial charge in [0, 0.05) is 16.6 Å². The highest BCUT2D eigenvalue weighted by atomic mass is 16.5. The van der Waals surface area contributed by atoms with E-state index < -0.39 is 0 Å². The number of benzene rings is 3. The number of aromatic amines is 1. The molecule has 4 rings (SSSR count). The second kappa shape index (κ2) is 8.23. The lowest BCUT2D eigenvalue weighted by atomic mass is 9.98. The number of nitrogens with one attached hydrogen (secondary N) is 2. The van der Waals surface area contributed by atoms with Gasteiger partial charge in [0.25, 0.3) is 0 Å². The molecule has 0 saturated heterocycles. The zero-order valence-electron chi connectivity index (χ0n) is 16.6. The first-order valence-corrected chi connectivity index (χ1v) is 9.70. The van der Waals surface area contributed by atoms with Crippen LogP contribution in [0.2, 0.25) is 0 Å². The lowest BCUT2D eigenvalue weighted by Gasteiger charge is -2.20. The maximum atomic E-state index is 13.1. The van der Waals surface area contributed by atoms with E-state index in [9.17, 15) is 4.79 Å². The molecule has 4 heteroatoms. The molecular weight excluding hydrogens is 360 g/mol. The van der Waals surface area contributed by atoms with E-state index in [0.717, 1.165) is 39.0 Å². The van der Waals surface area contributed by atoms with Crippen molar-refractivity contribution in [2.75, 3.05) is 7.11 Å². The third kappa shape index (κ3) is 4.02. The number of amides is 1. The van der Waals surface area contributed by atoms with Crippen molar-refractivity contribution in [1.29, 1.82) is 0 Å². The molecule has 1 aromatic heterocycles. The Kier molecular flexibility index (Phi) is 5.34. The predicted octanol–water partition coefficient (Wildman–Crippen LogP) is 4.93. The number of aromatic nitrogens is 1. The first-order valence-electron chi connectivity index (χ1n) is 9.70. The molecule has 3 aromatic carbocycles. The largest absolute Gasteiger partial charge is 0.497 e. The summed E-state index contributed by atoms with van der Waals surface area (Å²) in [7, 11) is 1.65. The standard InChI is InChI=1S/C25H24N2O2/c1-17-21(22-15-20(29-2)13-14-23(22)26-17)16-24(28)27-25(18-9-5-3-6-10-18)19-11-7-4-8-12-19/h3-15,25-26H,16H2,1-2H3,(H,27,28). The lowest BCUT2D eigenvalue weighted by Crippen LogP contribution is -2.30. The van der Waals surface area contributed by atoms with Gasteiger partial charge in [-0.1, -0.05) is 60.7 Å². The van der Waals surface area contributed by atoms with Crippen LogP contribution in [0.4, 0.5) is 0 Å². The van der Waals surface area contributed by atoms with Gasteiger partial charge in [0.05, 0.1) is 19.6 Å². The number of hydrogen-bond acceptors (Lipinski definition) is 2. The van der Waals surface area contributed by atoms with Crippen molar-refractivity contribution in [2.45, 2.75) is 19.4 Å². The molecule has 1 heterocycles. The molecule has 0 bridgehead atoms. The maximum Gasteiger partial charge on any atom is 0.225 e.